The summed E-state index contributed by atoms with van der Waals surface area (Å²) in [6, 6.07) is 10.4. The molecule has 1 rings (SSSR count). The Bertz CT molecular complexity index is 332. The van der Waals surface area contributed by atoms with Crippen molar-refractivity contribution in [3.8, 4) is 0 Å². The highest BCUT2D eigenvalue weighted by Gasteiger charge is 2.19. The lowest BCUT2D eigenvalue weighted by atomic mass is 9.91. The fourth-order valence-electron chi connectivity index (χ4n) is 2.06. The quantitative estimate of drug-likeness (QED) is 0.798. The van der Waals surface area contributed by atoms with Crippen LogP contribution >= 0.6 is 0 Å². The maximum absolute atomic E-state index is 10.1. The fourth-order valence-corrected chi connectivity index (χ4v) is 2.06. The van der Waals surface area contributed by atoms with Crippen molar-refractivity contribution in [1.29, 1.82) is 0 Å². The van der Waals surface area contributed by atoms with Gasteiger partial charge in [-0.25, -0.2) is 0 Å². The molecule has 0 aliphatic rings. The standard InChI is InChI=1S/C16H26O2/c1-13(14-8-6-5-7-9-14)12-15(17)10-11-16(2,3)18-4/h5-9,13,15,17H,10-12H2,1-4H3. The van der Waals surface area contributed by atoms with Crippen molar-refractivity contribution in [2.24, 2.45) is 0 Å². The lowest BCUT2D eigenvalue weighted by Gasteiger charge is -2.25. The molecule has 1 aromatic rings. The number of hydrogen-bond acceptors (Lipinski definition) is 2. The Balaban J connectivity index is 2.39. The molecule has 1 N–H and O–H groups in total. The molecule has 0 aromatic heterocycles. The number of benzene rings is 1. The van der Waals surface area contributed by atoms with Gasteiger partial charge in [-0.1, -0.05) is 37.3 Å². The summed E-state index contributed by atoms with van der Waals surface area (Å²) in [7, 11) is 1.72. The number of methoxy groups -OCH3 is 1. The first-order valence-electron chi connectivity index (χ1n) is 6.73. The second-order valence-electron chi connectivity index (χ2n) is 5.70. The highest BCUT2D eigenvalue weighted by molar-refractivity contribution is 5.18. The van der Waals surface area contributed by atoms with Crippen molar-refractivity contribution in [2.45, 2.75) is 57.7 Å². The van der Waals surface area contributed by atoms with E-state index in [2.05, 4.69) is 32.9 Å². The SMILES string of the molecule is COC(C)(C)CCC(O)CC(C)c1ccccc1. The van der Waals surface area contributed by atoms with Crippen molar-refractivity contribution < 1.29 is 9.84 Å². The van der Waals surface area contributed by atoms with Gasteiger partial charge in [0.2, 0.25) is 0 Å². The molecular formula is C16H26O2. The van der Waals surface area contributed by atoms with Gasteiger partial charge in [-0.3, -0.25) is 0 Å². The highest BCUT2D eigenvalue weighted by Crippen LogP contribution is 2.24. The van der Waals surface area contributed by atoms with Gasteiger partial charge in [0.05, 0.1) is 11.7 Å². The zero-order chi connectivity index (χ0) is 13.6. The minimum Gasteiger partial charge on any atom is -0.393 e. The summed E-state index contributed by atoms with van der Waals surface area (Å²) < 4.78 is 5.37. The molecule has 0 radical (unpaired) electrons. The van der Waals surface area contributed by atoms with Gasteiger partial charge in [-0.15, -0.1) is 0 Å². The van der Waals surface area contributed by atoms with Gasteiger partial charge >= 0.3 is 0 Å². The van der Waals surface area contributed by atoms with Crippen molar-refractivity contribution in [3.63, 3.8) is 0 Å². The summed E-state index contributed by atoms with van der Waals surface area (Å²) in [5.41, 5.74) is 1.15. The topological polar surface area (TPSA) is 29.5 Å². The van der Waals surface area contributed by atoms with E-state index in [1.807, 2.05) is 18.2 Å². The second-order valence-corrected chi connectivity index (χ2v) is 5.70. The molecule has 0 spiro atoms. The summed E-state index contributed by atoms with van der Waals surface area (Å²) in [5, 5.41) is 10.1. The Morgan fingerprint density at radius 3 is 2.39 bits per heavy atom. The third-order valence-electron chi connectivity index (χ3n) is 3.63. The van der Waals surface area contributed by atoms with Crippen LogP contribution in [0.5, 0.6) is 0 Å². The van der Waals surface area contributed by atoms with E-state index in [0.29, 0.717) is 5.92 Å². The van der Waals surface area contributed by atoms with Gasteiger partial charge in [0, 0.05) is 7.11 Å². The Kier molecular flexibility index (Phi) is 5.83. The third-order valence-corrected chi connectivity index (χ3v) is 3.63. The van der Waals surface area contributed by atoms with Crippen LogP contribution in [0.2, 0.25) is 0 Å². The molecule has 1 aromatic carbocycles. The maximum atomic E-state index is 10.1. The van der Waals surface area contributed by atoms with E-state index >= 15 is 0 Å². The molecule has 102 valence electrons. The first-order chi connectivity index (χ1) is 8.44. The second kappa shape index (κ2) is 6.91. The van der Waals surface area contributed by atoms with Gasteiger partial charge in [0.1, 0.15) is 0 Å². The maximum Gasteiger partial charge on any atom is 0.0623 e. The van der Waals surface area contributed by atoms with E-state index in [9.17, 15) is 5.11 Å². The fraction of sp³-hybridized carbons (Fsp3) is 0.625. The molecule has 0 aliphatic carbocycles. The molecule has 0 saturated heterocycles. The average Bonchev–Trinajstić information content (AvgIpc) is 2.37. The van der Waals surface area contributed by atoms with Crippen LogP contribution in [0.4, 0.5) is 0 Å². The van der Waals surface area contributed by atoms with Gasteiger partial charge in [-0.05, 0) is 44.6 Å². The molecule has 0 fully saturated rings. The van der Waals surface area contributed by atoms with Crippen LogP contribution in [0, 0.1) is 0 Å². The van der Waals surface area contributed by atoms with Gasteiger partial charge < -0.3 is 9.84 Å². The van der Waals surface area contributed by atoms with Crippen LogP contribution in [0.1, 0.15) is 51.5 Å². The predicted octanol–water partition coefficient (Wildman–Crippen LogP) is 3.75. The smallest absolute Gasteiger partial charge is 0.0623 e. The lowest BCUT2D eigenvalue weighted by Crippen LogP contribution is -2.25. The monoisotopic (exact) mass is 250 g/mol. The first-order valence-corrected chi connectivity index (χ1v) is 6.73. The molecule has 2 unspecified atom stereocenters. The molecule has 0 amide bonds. The Hall–Kier alpha value is -0.860. The van der Waals surface area contributed by atoms with Gasteiger partial charge in [0.25, 0.3) is 0 Å². The van der Waals surface area contributed by atoms with Crippen LogP contribution in [-0.4, -0.2) is 23.9 Å². The van der Waals surface area contributed by atoms with Crippen LogP contribution in [0.25, 0.3) is 0 Å². The zero-order valence-electron chi connectivity index (χ0n) is 12.0. The molecule has 2 atom stereocenters. The lowest BCUT2D eigenvalue weighted by molar-refractivity contribution is 0.00174. The Labute approximate surface area is 111 Å². The van der Waals surface area contributed by atoms with E-state index < -0.39 is 0 Å². The van der Waals surface area contributed by atoms with Crippen LogP contribution < -0.4 is 0 Å². The van der Waals surface area contributed by atoms with Crippen LogP contribution in [0.3, 0.4) is 0 Å². The molecule has 2 nitrogen and oxygen atoms in total. The summed E-state index contributed by atoms with van der Waals surface area (Å²) in [6.07, 6.45) is 2.23. The molecule has 0 saturated carbocycles. The third kappa shape index (κ3) is 5.19. The normalized spacial score (nSPS) is 15.4. The number of hydrogen-bond donors (Lipinski definition) is 1. The Morgan fingerprint density at radius 1 is 1.22 bits per heavy atom. The Morgan fingerprint density at radius 2 is 1.83 bits per heavy atom. The summed E-state index contributed by atoms with van der Waals surface area (Å²) in [4.78, 5) is 0. The molecule has 0 heterocycles. The van der Waals surface area contributed by atoms with Gasteiger partial charge in [0.15, 0.2) is 0 Å². The summed E-state index contributed by atoms with van der Waals surface area (Å²) >= 11 is 0. The number of aliphatic hydroxyl groups is 1. The largest absolute Gasteiger partial charge is 0.393 e. The molecule has 2 heteroatoms. The van der Waals surface area contributed by atoms with E-state index in [0.717, 1.165) is 19.3 Å². The minimum absolute atomic E-state index is 0.142. The predicted molar refractivity (Wildman–Crippen MR) is 75.8 cm³/mol. The number of aliphatic hydroxyl groups excluding tert-OH is 1. The molecular weight excluding hydrogens is 224 g/mol. The van der Waals surface area contributed by atoms with Crippen molar-refractivity contribution in [2.75, 3.05) is 7.11 Å². The van der Waals surface area contributed by atoms with Crippen molar-refractivity contribution >= 4 is 0 Å². The summed E-state index contributed by atoms with van der Waals surface area (Å²) in [5.74, 6) is 0.395. The highest BCUT2D eigenvalue weighted by atomic mass is 16.5. The van der Waals surface area contributed by atoms with E-state index in [4.69, 9.17) is 4.74 Å². The van der Waals surface area contributed by atoms with E-state index in [1.54, 1.807) is 7.11 Å². The van der Waals surface area contributed by atoms with Crippen molar-refractivity contribution in [1.82, 2.24) is 0 Å². The minimum atomic E-state index is -0.255. The van der Waals surface area contributed by atoms with E-state index in [1.165, 1.54) is 5.56 Å². The molecule has 18 heavy (non-hydrogen) atoms. The first kappa shape index (κ1) is 15.2. The van der Waals surface area contributed by atoms with E-state index in [-0.39, 0.29) is 11.7 Å². The van der Waals surface area contributed by atoms with Crippen molar-refractivity contribution in [3.05, 3.63) is 35.9 Å². The summed E-state index contributed by atoms with van der Waals surface area (Å²) in [6.45, 7) is 6.28. The van der Waals surface area contributed by atoms with Gasteiger partial charge in [-0.2, -0.15) is 0 Å². The number of rotatable bonds is 7. The molecule has 0 bridgehead atoms. The molecule has 0 aliphatic heterocycles. The average molecular weight is 250 g/mol. The van der Waals surface area contributed by atoms with Crippen LogP contribution in [-0.2, 0) is 4.74 Å². The number of ether oxygens (including phenoxy) is 1. The van der Waals surface area contributed by atoms with Crippen LogP contribution in [0.15, 0.2) is 30.3 Å². The zero-order valence-corrected chi connectivity index (χ0v) is 12.0.